The fourth-order valence-corrected chi connectivity index (χ4v) is 5.34. The highest BCUT2D eigenvalue weighted by Crippen LogP contribution is 2.23. The molecule has 1 aromatic heterocycles. The number of hydrogen-bond donors (Lipinski definition) is 1. The highest BCUT2D eigenvalue weighted by atomic mass is 32.2. The summed E-state index contributed by atoms with van der Waals surface area (Å²) in [6.07, 6.45) is -0.375. The van der Waals surface area contributed by atoms with Gasteiger partial charge >= 0.3 is 0 Å². The third kappa shape index (κ3) is 4.45. The van der Waals surface area contributed by atoms with Crippen LogP contribution in [0.4, 0.5) is 5.69 Å². The predicted octanol–water partition coefficient (Wildman–Crippen LogP) is 3.15. The second kappa shape index (κ2) is 8.50. The monoisotopic (exact) mass is 456 g/mol. The topological polar surface area (TPSA) is 106 Å². The van der Waals surface area contributed by atoms with Crippen molar-refractivity contribution in [2.24, 2.45) is 0 Å². The lowest BCUT2D eigenvalue weighted by Crippen LogP contribution is -2.48. The zero-order chi connectivity index (χ0) is 23.0. The van der Waals surface area contributed by atoms with E-state index in [9.17, 15) is 18.0 Å². The lowest BCUT2D eigenvalue weighted by molar-refractivity contribution is -0.0440. The molecule has 4 rings (SSSR count). The number of carbonyl (C=O) groups excluding carboxylic acids is 1. The van der Waals surface area contributed by atoms with Gasteiger partial charge in [0.2, 0.25) is 10.0 Å². The van der Waals surface area contributed by atoms with Gasteiger partial charge < -0.3 is 14.5 Å². The van der Waals surface area contributed by atoms with Crippen molar-refractivity contribution < 1.29 is 22.4 Å². The van der Waals surface area contributed by atoms with E-state index in [4.69, 9.17) is 9.15 Å². The highest BCUT2D eigenvalue weighted by molar-refractivity contribution is 7.89. The maximum Gasteiger partial charge on any atom is 0.291 e. The number of ether oxygens (including phenoxy) is 1. The smallest absolute Gasteiger partial charge is 0.291 e. The van der Waals surface area contributed by atoms with Gasteiger partial charge in [-0.15, -0.1) is 0 Å². The number of sulfonamides is 1. The van der Waals surface area contributed by atoms with Crippen LogP contribution in [0.25, 0.3) is 11.0 Å². The molecule has 0 spiro atoms. The molecule has 2 aromatic carbocycles. The fourth-order valence-electron chi connectivity index (χ4n) is 3.75. The Morgan fingerprint density at radius 3 is 2.34 bits per heavy atom. The van der Waals surface area contributed by atoms with E-state index in [-0.39, 0.29) is 41.4 Å². The number of carbonyl (C=O) groups is 1. The Hall–Kier alpha value is -3.01. The van der Waals surface area contributed by atoms with Crippen molar-refractivity contribution in [1.82, 2.24) is 4.31 Å². The zero-order valence-corrected chi connectivity index (χ0v) is 18.8. The van der Waals surface area contributed by atoms with Crippen LogP contribution < -0.4 is 10.7 Å². The Kier molecular flexibility index (Phi) is 5.89. The van der Waals surface area contributed by atoms with Crippen molar-refractivity contribution in [1.29, 1.82) is 0 Å². The number of morpholine rings is 1. The fraction of sp³-hybridized carbons (Fsp3) is 0.304. The molecule has 2 heterocycles. The van der Waals surface area contributed by atoms with Crippen LogP contribution in [0.5, 0.6) is 0 Å². The summed E-state index contributed by atoms with van der Waals surface area (Å²) in [4.78, 5) is 25.0. The normalized spacial score (nSPS) is 19.7. The average molecular weight is 457 g/mol. The minimum Gasteiger partial charge on any atom is -0.451 e. The Morgan fingerprint density at radius 2 is 1.69 bits per heavy atom. The molecule has 0 unspecified atom stereocenters. The van der Waals surface area contributed by atoms with Gasteiger partial charge in [0.05, 0.1) is 22.5 Å². The molecular formula is C23H24N2O6S. The van der Waals surface area contributed by atoms with Crippen LogP contribution in [0, 0.1) is 6.92 Å². The third-order valence-electron chi connectivity index (χ3n) is 5.24. The summed E-state index contributed by atoms with van der Waals surface area (Å²) in [5.74, 6) is -0.724. The molecule has 9 heteroatoms. The Labute approximate surface area is 185 Å². The van der Waals surface area contributed by atoms with Gasteiger partial charge in [-0.1, -0.05) is 6.07 Å². The summed E-state index contributed by atoms with van der Waals surface area (Å²) in [5.41, 5.74) is 1.30. The predicted molar refractivity (Wildman–Crippen MR) is 120 cm³/mol. The minimum atomic E-state index is -3.68. The standard InChI is InChI=1S/C23H24N2O6S/c1-14-4-9-19-20(26)11-22(31-21(19)10-14)23(27)24-17-5-7-18(8-6-17)32(28,29)25-12-15(2)30-16(3)13-25/h4-11,15-16H,12-13H2,1-3H3,(H,24,27)/t15-,16+. The maximum absolute atomic E-state index is 13.0. The summed E-state index contributed by atoms with van der Waals surface area (Å²) in [5, 5.41) is 3.03. The van der Waals surface area contributed by atoms with Crippen LogP contribution in [0.3, 0.4) is 0 Å². The highest BCUT2D eigenvalue weighted by Gasteiger charge is 2.32. The van der Waals surface area contributed by atoms with Gasteiger partial charge in [-0.2, -0.15) is 4.31 Å². The van der Waals surface area contributed by atoms with E-state index in [1.54, 1.807) is 18.2 Å². The second-order valence-electron chi connectivity index (χ2n) is 8.03. The SMILES string of the molecule is Cc1ccc2c(=O)cc(C(=O)Nc3ccc(S(=O)(=O)N4C[C@@H](C)O[C@@H](C)C4)cc3)oc2c1. The number of nitrogens with zero attached hydrogens (tertiary/aromatic N) is 1. The van der Waals surface area contributed by atoms with E-state index >= 15 is 0 Å². The lowest BCUT2D eigenvalue weighted by Gasteiger charge is -2.34. The Bertz CT molecular complexity index is 1320. The molecular weight excluding hydrogens is 432 g/mol. The van der Waals surface area contributed by atoms with Gasteiger partial charge in [-0.3, -0.25) is 9.59 Å². The molecule has 1 aliphatic heterocycles. The van der Waals surface area contributed by atoms with Crippen LogP contribution in [0.2, 0.25) is 0 Å². The molecule has 8 nitrogen and oxygen atoms in total. The number of aryl methyl sites for hydroxylation is 1. The van der Waals surface area contributed by atoms with Crippen molar-refractivity contribution in [3.05, 3.63) is 70.1 Å². The zero-order valence-electron chi connectivity index (χ0n) is 18.0. The summed E-state index contributed by atoms with van der Waals surface area (Å²) >= 11 is 0. The minimum absolute atomic E-state index is 0.124. The van der Waals surface area contributed by atoms with E-state index in [0.717, 1.165) is 11.6 Å². The lowest BCUT2D eigenvalue weighted by atomic mass is 10.1. The number of amides is 1. The number of benzene rings is 2. The number of hydrogen-bond acceptors (Lipinski definition) is 6. The van der Waals surface area contributed by atoms with Crippen molar-refractivity contribution in [3.8, 4) is 0 Å². The van der Waals surface area contributed by atoms with Crippen molar-refractivity contribution in [2.75, 3.05) is 18.4 Å². The van der Waals surface area contributed by atoms with Crippen LogP contribution >= 0.6 is 0 Å². The summed E-state index contributed by atoms with van der Waals surface area (Å²) in [6, 6.07) is 12.2. The van der Waals surface area contributed by atoms with Crippen molar-refractivity contribution in [2.45, 2.75) is 37.9 Å². The van der Waals surface area contributed by atoms with Crippen LogP contribution in [0.1, 0.15) is 30.0 Å². The number of rotatable bonds is 4. The van der Waals surface area contributed by atoms with Gasteiger partial charge in [0.1, 0.15) is 5.58 Å². The maximum atomic E-state index is 13.0. The first-order valence-electron chi connectivity index (χ1n) is 10.2. The quantitative estimate of drug-likeness (QED) is 0.647. The van der Waals surface area contributed by atoms with E-state index in [0.29, 0.717) is 16.7 Å². The molecule has 1 N–H and O–H groups in total. The Morgan fingerprint density at radius 1 is 1.03 bits per heavy atom. The summed E-state index contributed by atoms with van der Waals surface area (Å²) < 4.78 is 38.5. The number of anilines is 1. The first kappa shape index (κ1) is 22.2. The van der Waals surface area contributed by atoms with Gasteiger partial charge in [-0.05, 0) is 62.7 Å². The number of nitrogens with one attached hydrogen (secondary N) is 1. The van der Waals surface area contributed by atoms with E-state index < -0.39 is 15.9 Å². The molecule has 32 heavy (non-hydrogen) atoms. The van der Waals surface area contributed by atoms with Crippen LogP contribution in [-0.2, 0) is 14.8 Å². The molecule has 168 valence electrons. The van der Waals surface area contributed by atoms with Gasteiger partial charge in [-0.25, -0.2) is 8.42 Å². The second-order valence-corrected chi connectivity index (χ2v) is 9.97. The summed E-state index contributed by atoms with van der Waals surface area (Å²) in [7, 11) is -3.68. The van der Waals surface area contributed by atoms with Crippen molar-refractivity contribution >= 4 is 32.6 Å². The molecule has 0 aliphatic carbocycles. The van der Waals surface area contributed by atoms with Gasteiger partial charge in [0, 0.05) is 24.8 Å². The van der Waals surface area contributed by atoms with E-state index in [1.165, 1.54) is 28.6 Å². The van der Waals surface area contributed by atoms with Gasteiger partial charge in [0.25, 0.3) is 5.91 Å². The van der Waals surface area contributed by atoms with Crippen LogP contribution in [-0.4, -0.2) is 43.9 Å². The molecule has 2 atom stereocenters. The number of fused-ring (bicyclic) bond motifs is 1. The van der Waals surface area contributed by atoms with Crippen molar-refractivity contribution in [3.63, 3.8) is 0 Å². The van der Waals surface area contributed by atoms with Crippen LogP contribution in [0.15, 0.2) is 62.6 Å². The summed E-state index contributed by atoms with van der Waals surface area (Å²) in [6.45, 7) is 6.10. The first-order valence-corrected chi connectivity index (χ1v) is 11.7. The molecule has 0 bridgehead atoms. The first-order chi connectivity index (χ1) is 15.1. The molecule has 1 fully saturated rings. The molecule has 1 saturated heterocycles. The molecule has 3 aromatic rings. The molecule has 1 aliphatic rings. The third-order valence-corrected chi connectivity index (χ3v) is 7.09. The van der Waals surface area contributed by atoms with Gasteiger partial charge in [0.15, 0.2) is 11.2 Å². The average Bonchev–Trinajstić information content (AvgIpc) is 2.73. The van der Waals surface area contributed by atoms with E-state index in [2.05, 4.69) is 5.32 Å². The Balaban J connectivity index is 1.53. The van der Waals surface area contributed by atoms with E-state index in [1.807, 2.05) is 20.8 Å². The largest absolute Gasteiger partial charge is 0.451 e. The molecule has 0 radical (unpaired) electrons. The molecule has 1 amide bonds. The molecule has 0 saturated carbocycles.